The molecule has 1 atom stereocenters. The fourth-order valence-electron chi connectivity index (χ4n) is 3.41. The minimum absolute atomic E-state index is 0.0128. The summed E-state index contributed by atoms with van der Waals surface area (Å²) < 4.78 is 65.6. The summed E-state index contributed by atoms with van der Waals surface area (Å²) in [6.45, 7) is 2.47. The Morgan fingerprint density at radius 1 is 1.08 bits per heavy atom. The molecule has 0 aliphatic heterocycles. The summed E-state index contributed by atoms with van der Waals surface area (Å²) in [6.07, 6.45) is -4.66. The predicted octanol–water partition coefficient (Wildman–Crippen LogP) is 3.74. The second-order valence-electron chi connectivity index (χ2n) is 7.75. The summed E-state index contributed by atoms with van der Waals surface area (Å²) in [5, 5.41) is 2.55. The van der Waals surface area contributed by atoms with E-state index in [1.807, 2.05) is 0 Å². The average Bonchev–Trinajstić information content (AvgIpc) is 2.79. The second kappa shape index (κ2) is 10.9. The molecule has 8 nitrogen and oxygen atoms in total. The number of carbonyl (C=O) groups excluding carboxylic acids is 2. The van der Waals surface area contributed by atoms with Crippen molar-refractivity contribution in [2.45, 2.75) is 32.3 Å². The van der Waals surface area contributed by atoms with E-state index in [4.69, 9.17) is 9.29 Å². The normalized spacial score (nSPS) is 12.2. The van der Waals surface area contributed by atoms with Gasteiger partial charge in [-0.1, -0.05) is 30.3 Å². The van der Waals surface area contributed by atoms with Gasteiger partial charge in [0.2, 0.25) is 0 Å². The first-order chi connectivity index (χ1) is 16.9. The summed E-state index contributed by atoms with van der Waals surface area (Å²) in [4.78, 5) is 37.7. The summed E-state index contributed by atoms with van der Waals surface area (Å²) >= 11 is -2.00. The minimum atomic E-state index is -4.66. The summed E-state index contributed by atoms with van der Waals surface area (Å²) in [7, 11) is 0. The van der Waals surface area contributed by atoms with Gasteiger partial charge in [0.1, 0.15) is 5.56 Å². The monoisotopic (exact) mass is 522 g/mol. The zero-order chi connectivity index (χ0) is 26.6. The molecule has 0 saturated carbocycles. The molecule has 3 aromatic rings. The molecule has 0 spiro atoms. The highest BCUT2D eigenvalue weighted by molar-refractivity contribution is 7.78. The molecule has 3 rings (SSSR count). The number of benzene rings is 2. The fraction of sp³-hybridized carbons (Fsp3) is 0.208. The minimum Gasteiger partial charge on any atom is -0.425 e. The largest absolute Gasteiger partial charge is 0.425 e. The molecule has 190 valence electrons. The fourth-order valence-corrected chi connectivity index (χ4v) is 3.88. The quantitative estimate of drug-likeness (QED) is 0.361. The number of esters is 1. The van der Waals surface area contributed by atoms with Gasteiger partial charge < -0.3 is 14.6 Å². The number of aromatic nitrogens is 1. The molecule has 2 N–H and O–H groups in total. The highest BCUT2D eigenvalue weighted by atomic mass is 32.2. The number of carbonyl (C=O) groups is 2. The lowest BCUT2D eigenvalue weighted by atomic mass is 10.1. The van der Waals surface area contributed by atoms with Gasteiger partial charge >= 0.3 is 12.1 Å². The lowest BCUT2D eigenvalue weighted by Gasteiger charge is -2.17. The Morgan fingerprint density at radius 2 is 1.72 bits per heavy atom. The van der Waals surface area contributed by atoms with E-state index in [-0.39, 0.29) is 29.4 Å². The second-order valence-corrected chi connectivity index (χ2v) is 8.69. The van der Waals surface area contributed by atoms with Gasteiger partial charge in [0.15, 0.2) is 16.8 Å². The maximum Gasteiger partial charge on any atom is 0.416 e. The number of hydrogen-bond donors (Lipinski definition) is 2. The van der Waals surface area contributed by atoms with Crippen molar-refractivity contribution in [1.82, 2.24) is 9.88 Å². The van der Waals surface area contributed by atoms with Crippen LogP contribution in [0.1, 0.15) is 39.7 Å². The maximum atomic E-state index is 13.2. The van der Waals surface area contributed by atoms with E-state index in [1.54, 1.807) is 24.3 Å². The van der Waals surface area contributed by atoms with E-state index in [9.17, 15) is 31.8 Å². The van der Waals surface area contributed by atoms with Crippen molar-refractivity contribution in [3.05, 3.63) is 92.9 Å². The van der Waals surface area contributed by atoms with Crippen molar-refractivity contribution < 1.29 is 36.3 Å². The molecule has 1 unspecified atom stereocenters. The lowest BCUT2D eigenvalue weighted by molar-refractivity contribution is -0.137. The van der Waals surface area contributed by atoms with Crippen molar-refractivity contribution in [1.29, 1.82) is 0 Å². The van der Waals surface area contributed by atoms with E-state index in [2.05, 4.69) is 5.32 Å². The Bertz CT molecular complexity index is 1380. The molecule has 1 aromatic heterocycles. The Balaban J connectivity index is 1.98. The van der Waals surface area contributed by atoms with Crippen LogP contribution in [-0.4, -0.2) is 25.2 Å². The molecule has 2 aromatic carbocycles. The molecule has 0 radical (unpaired) electrons. The van der Waals surface area contributed by atoms with Crippen LogP contribution in [0.5, 0.6) is 5.75 Å². The maximum absolute atomic E-state index is 13.2. The van der Waals surface area contributed by atoms with Crippen LogP contribution >= 0.6 is 0 Å². The first kappa shape index (κ1) is 26.8. The third-order valence-electron chi connectivity index (χ3n) is 5.10. The van der Waals surface area contributed by atoms with Gasteiger partial charge in [0.25, 0.3) is 11.5 Å². The summed E-state index contributed by atoms with van der Waals surface area (Å²) in [5.74, 6) is -1.80. The third-order valence-corrected chi connectivity index (χ3v) is 5.68. The van der Waals surface area contributed by atoms with Crippen molar-refractivity contribution >= 4 is 23.0 Å². The number of pyridine rings is 1. The van der Waals surface area contributed by atoms with Crippen LogP contribution in [-0.2, 0) is 34.3 Å². The summed E-state index contributed by atoms with van der Waals surface area (Å²) in [5.41, 5.74) is -1.23. The number of halogens is 3. The van der Waals surface area contributed by atoms with Crippen LogP contribution in [0, 0.1) is 6.92 Å². The van der Waals surface area contributed by atoms with E-state index in [0.717, 1.165) is 35.8 Å². The van der Waals surface area contributed by atoms with Crippen molar-refractivity contribution in [2.75, 3.05) is 0 Å². The van der Waals surface area contributed by atoms with Crippen molar-refractivity contribution in [2.24, 2.45) is 0 Å². The van der Waals surface area contributed by atoms with Crippen LogP contribution in [0.25, 0.3) is 5.69 Å². The zero-order valence-corrected chi connectivity index (χ0v) is 19.9. The molecule has 0 saturated heterocycles. The van der Waals surface area contributed by atoms with Gasteiger partial charge in [-0.05, 0) is 36.2 Å². The topological polar surface area (TPSA) is 115 Å². The third kappa shape index (κ3) is 6.46. The van der Waals surface area contributed by atoms with E-state index < -0.39 is 45.8 Å². The van der Waals surface area contributed by atoms with Gasteiger partial charge in [-0.3, -0.25) is 19.0 Å². The number of nitrogens with zero attached hydrogens (tertiary/aromatic N) is 1. The van der Waals surface area contributed by atoms with Gasteiger partial charge in [-0.15, -0.1) is 0 Å². The molecule has 12 heteroatoms. The highest BCUT2D eigenvalue weighted by Gasteiger charge is 2.31. The standard InChI is InChI=1S/C24H21F3N2O6S/c1-14-21(35-15(2)30)11-20(22(31)28-12-16-6-8-17(9-7-16)13-36(33)34)23(32)29(14)19-5-3-4-18(10-19)24(25,26)27/h3-11H,12-13H2,1-2H3,(H,28,31)(H,33,34). The van der Waals surface area contributed by atoms with Gasteiger partial charge in [-0.2, -0.15) is 13.2 Å². The van der Waals surface area contributed by atoms with E-state index in [1.165, 1.54) is 13.0 Å². The number of rotatable bonds is 7. The number of amides is 1. The molecule has 1 heterocycles. The number of hydrogen-bond acceptors (Lipinski definition) is 5. The van der Waals surface area contributed by atoms with Gasteiger partial charge in [-0.25, -0.2) is 4.21 Å². The number of ether oxygens (including phenoxy) is 1. The smallest absolute Gasteiger partial charge is 0.416 e. The van der Waals surface area contributed by atoms with Gasteiger partial charge in [0, 0.05) is 25.2 Å². The zero-order valence-electron chi connectivity index (χ0n) is 19.1. The Hall–Kier alpha value is -3.77. The predicted molar refractivity (Wildman–Crippen MR) is 125 cm³/mol. The molecule has 36 heavy (non-hydrogen) atoms. The lowest BCUT2D eigenvalue weighted by Crippen LogP contribution is -2.33. The molecule has 0 fully saturated rings. The average molecular weight is 523 g/mol. The molecule has 0 aliphatic rings. The number of alkyl halides is 3. The summed E-state index contributed by atoms with van der Waals surface area (Å²) in [6, 6.07) is 11.5. The Morgan fingerprint density at radius 3 is 2.31 bits per heavy atom. The van der Waals surface area contributed by atoms with E-state index >= 15 is 0 Å². The van der Waals surface area contributed by atoms with Gasteiger partial charge in [0.05, 0.1) is 17.0 Å². The molecular weight excluding hydrogens is 501 g/mol. The Labute approximate surface area is 206 Å². The van der Waals surface area contributed by atoms with Crippen LogP contribution in [0.15, 0.2) is 59.4 Å². The number of nitrogens with one attached hydrogen (secondary N) is 1. The molecule has 0 aliphatic carbocycles. The molecule has 0 bridgehead atoms. The first-order valence-corrected chi connectivity index (χ1v) is 11.7. The Kier molecular flexibility index (Phi) is 8.10. The molecule has 1 amide bonds. The van der Waals surface area contributed by atoms with Crippen LogP contribution in [0.4, 0.5) is 13.2 Å². The van der Waals surface area contributed by atoms with Crippen LogP contribution in [0.2, 0.25) is 0 Å². The SMILES string of the molecule is CC(=O)Oc1cc(C(=O)NCc2ccc(CS(=O)O)cc2)c(=O)n(-c2cccc(C(F)(F)F)c2)c1C. The van der Waals surface area contributed by atoms with E-state index in [0.29, 0.717) is 11.1 Å². The van der Waals surface area contributed by atoms with Crippen LogP contribution in [0.3, 0.4) is 0 Å². The van der Waals surface area contributed by atoms with Crippen LogP contribution < -0.4 is 15.6 Å². The van der Waals surface area contributed by atoms with Crippen molar-refractivity contribution in [3.63, 3.8) is 0 Å². The molecular formula is C24H21F3N2O6S. The highest BCUT2D eigenvalue weighted by Crippen LogP contribution is 2.31. The van der Waals surface area contributed by atoms with Crippen molar-refractivity contribution in [3.8, 4) is 11.4 Å². The first-order valence-electron chi connectivity index (χ1n) is 10.4.